The maximum Gasteiger partial charge on any atom is 0.188 e. The highest BCUT2D eigenvalue weighted by atomic mass is 16.5. The average Bonchev–Trinajstić information content (AvgIpc) is 2.97. The lowest BCUT2D eigenvalue weighted by molar-refractivity contribution is 0.208. The zero-order chi connectivity index (χ0) is 15.1. The van der Waals surface area contributed by atoms with Crippen LogP contribution >= 0.6 is 0 Å². The summed E-state index contributed by atoms with van der Waals surface area (Å²) in [6.07, 6.45) is 6.28. The minimum atomic E-state index is 0.366. The molecule has 0 aliphatic heterocycles. The Labute approximate surface area is 127 Å². The van der Waals surface area contributed by atoms with Crippen LogP contribution in [0.5, 0.6) is 5.75 Å². The summed E-state index contributed by atoms with van der Waals surface area (Å²) in [6.45, 7) is 5.61. The molecule has 0 saturated heterocycles. The van der Waals surface area contributed by atoms with Gasteiger partial charge in [0.2, 0.25) is 0 Å². The molecule has 1 aliphatic rings. The lowest BCUT2D eigenvalue weighted by atomic mass is 10.1. The summed E-state index contributed by atoms with van der Waals surface area (Å²) in [6, 6.07) is 6.30. The van der Waals surface area contributed by atoms with Gasteiger partial charge in [0.15, 0.2) is 5.96 Å². The molecule has 1 aliphatic carbocycles. The molecule has 1 aromatic carbocycles. The number of aryl methyl sites for hydroxylation is 1. The Morgan fingerprint density at radius 3 is 2.86 bits per heavy atom. The Kier molecular flexibility index (Phi) is 5.90. The van der Waals surface area contributed by atoms with Crippen LogP contribution in [0.2, 0.25) is 0 Å². The van der Waals surface area contributed by atoms with Gasteiger partial charge in [-0.25, -0.2) is 4.99 Å². The topological polar surface area (TPSA) is 59.6 Å². The molecule has 1 fully saturated rings. The lowest BCUT2D eigenvalue weighted by Gasteiger charge is -2.16. The number of benzene rings is 1. The molecule has 0 amide bonds. The van der Waals surface area contributed by atoms with E-state index >= 15 is 0 Å². The van der Waals surface area contributed by atoms with Crippen molar-refractivity contribution in [3.05, 3.63) is 29.3 Å². The van der Waals surface area contributed by atoms with Crippen LogP contribution < -0.4 is 15.8 Å². The third-order valence-corrected chi connectivity index (χ3v) is 3.79. The van der Waals surface area contributed by atoms with Gasteiger partial charge in [-0.1, -0.05) is 19.1 Å². The highest BCUT2D eigenvalue weighted by Gasteiger charge is 2.17. The molecule has 0 bridgehead atoms. The second kappa shape index (κ2) is 7.91. The Morgan fingerprint density at radius 1 is 1.38 bits per heavy atom. The molecule has 0 heterocycles. The summed E-state index contributed by atoms with van der Waals surface area (Å²) in [5.41, 5.74) is 8.17. The van der Waals surface area contributed by atoms with Gasteiger partial charge in [-0.2, -0.15) is 0 Å². The van der Waals surface area contributed by atoms with Crippen LogP contribution in [0.15, 0.2) is 23.2 Å². The minimum absolute atomic E-state index is 0.366. The van der Waals surface area contributed by atoms with Crippen molar-refractivity contribution in [3.8, 4) is 5.75 Å². The first-order valence-electron chi connectivity index (χ1n) is 7.99. The molecule has 0 unspecified atom stereocenters. The van der Waals surface area contributed by atoms with E-state index in [1.54, 1.807) is 0 Å². The van der Waals surface area contributed by atoms with Crippen LogP contribution in [0.1, 0.15) is 50.2 Å². The molecule has 4 nitrogen and oxygen atoms in total. The van der Waals surface area contributed by atoms with Crippen molar-refractivity contribution < 1.29 is 4.74 Å². The summed E-state index contributed by atoms with van der Waals surface area (Å²) in [5, 5.41) is 3.09. The van der Waals surface area contributed by atoms with Gasteiger partial charge in [0.05, 0.1) is 12.6 Å². The van der Waals surface area contributed by atoms with Crippen molar-refractivity contribution in [2.75, 3.05) is 6.54 Å². The lowest BCUT2D eigenvalue weighted by Crippen LogP contribution is -2.32. The first kappa shape index (κ1) is 15.7. The van der Waals surface area contributed by atoms with Gasteiger partial charge < -0.3 is 15.8 Å². The summed E-state index contributed by atoms with van der Waals surface area (Å²) in [7, 11) is 0. The standard InChI is InChI=1S/C17H27N3O/c1-3-10-19-17(18)20-12-14-9-8-13(2)11-16(14)21-15-6-4-5-7-15/h8-9,11,15H,3-7,10,12H2,1-2H3,(H3,18,19,20). The van der Waals surface area contributed by atoms with Crippen LogP contribution in [-0.4, -0.2) is 18.6 Å². The van der Waals surface area contributed by atoms with E-state index in [1.165, 1.54) is 18.4 Å². The number of nitrogens with one attached hydrogen (secondary N) is 1. The van der Waals surface area contributed by atoms with E-state index in [0.717, 1.165) is 37.1 Å². The highest BCUT2D eigenvalue weighted by Crippen LogP contribution is 2.28. The number of ether oxygens (including phenoxy) is 1. The molecule has 1 saturated carbocycles. The maximum atomic E-state index is 6.17. The summed E-state index contributed by atoms with van der Waals surface area (Å²) in [4.78, 5) is 4.40. The fourth-order valence-corrected chi connectivity index (χ4v) is 2.57. The van der Waals surface area contributed by atoms with Crippen molar-refractivity contribution >= 4 is 5.96 Å². The molecule has 0 aromatic heterocycles. The number of aliphatic imine (C=N–C) groups is 1. The van der Waals surface area contributed by atoms with Crippen molar-refractivity contribution in [3.63, 3.8) is 0 Å². The summed E-state index contributed by atoms with van der Waals surface area (Å²) < 4.78 is 6.17. The molecule has 3 N–H and O–H groups in total. The van der Waals surface area contributed by atoms with Gasteiger partial charge in [0.1, 0.15) is 5.75 Å². The van der Waals surface area contributed by atoms with Crippen molar-refractivity contribution in [1.82, 2.24) is 5.32 Å². The molecule has 0 atom stereocenters. The molecule has 0 spiro atoms. The molecule has 1 aromatic rings. The molecular formula is C17H27N3O. The number of hydrogen-bond acceptors (Lipinski definition) is 2. The third kappa shape index (κ3) is 4.96. The first-order chi connectivity index (χ1) is 10.2. The molecule has 21 heavy (non-hydrogen) atoms. The molecular weight excluding hydrogens is 262 g/mol. The van der Waals surface area contributed by atoms with E-state index in [2.05, 4.69) is 42.4 Å². The predicted molar refractivity (Wildman–Crippen MR) is 87.7 cm³/mol. The van der Waals surface area contributed by atoms with Gasteiger partial charge in [-0.05, 0) is 50.7 Å². The van der Waals surface area contributed by atoms with Crippen LogP contribution in [0, 0.1) is 6.92 Å². The second-order valence-corrected chi connectivity index (χ2v) is 5.76. The van der Waals surface area contributed by atoms with Crippen molar-refractivity contribution in [2.24, 2.45) is 10.7 Å². The third-order valence-electron chi connectivity index (χ3n) is 3.79. The van der Waals surface area contributed by atoms with Crippen LogP contribution in [0.3, 0.4) is 0 Å². The Morgan fingerprint density at radius 2 is 2.14 bits per heavy atom. The Hall–Kier alpha value is -1.71. The smallest absolute Gasteiger partial charge is 0.188 e. The summed E-state index contributed by atoms with van der Waals surface area (Å²) in [5.74, 6) is 1.47. The van der Waals surface area contributed by atoms with E-state index in [-0.39, 0.29) is 0 Å². The summed E-state index contributed by atoms with van der Waals surface area (Å²) >= 11 is 0. The zero-order valence-corrected chi connectivity index (χ0v) is 13.2. The predicted octanol–water partition coefficient (Wildman–Crippen LogP) is 3.13. The molecule has 4 heteroatoms. The van der Waals surface area contributed by atoms with Gasteiger partial charge in [-0.3, -0.25) is 0 Å². The van der Waals surface area contributed by atoms with Crippen LogP contribution in [0.4, 0.5) is 0 Å². The second-order valence-electron chi connectivity index (χ2n) is 5.76. The van der Waals surface area contributed by atoms with E-state index in [4.69, 9.17) is 10.5 Å². The monoisotopic (exact) mass is 289 g/mol. The normalized spacial score (nSPS) is 16.2. The zero-order valence-electron chi connectivity index (χ0n) is 13.2. The van der Waals surface area contributed by atoms with E-state index in [1.807, 2.05) is 0 Å². The number of nitrogens with zero attached hydrogens (tertiary/aromatic N) is 1. The molecule has 2 rings (SSSR count). The van der Waals surface area contributed by atoms with E-state index in [9.17, 15) is 0 Å². The molecule has 116 valence electrons. The highest BCUT2D eigenvalue weighted by molar-refractivity contribution is 5.77. The van der Waals surface area contributed by atoms with E-state index < -0.39 is 0 Å². The van der Waals surface area contributed by atoms with Gasteiger partial charge in [0.25, 0.3) is 0 Å². The van der Waals surface area contributed by atoms with E-state index in [0.29, 0.717) is 18.6 Å². The number of rotatable bonds is 6. The quantitative estimate of drug-likeness (QED) is 0.625. The van der Waals surface area contributed by atoms with Gasteiger partial charge >= 0.3 is 0 Å². The van der Waals surface area contributed by atoms with Crippen LogP contribution in [0.25, 0.3) is 0 Å². The largest absolute Gasteiger partial charge is 0.490 e. The number of guanidine groups is 1. The fourth-order valence-electron chi connectivity index (χ4n) is 2.57. The van der Waals surface area contributed by atoms with Crippen molar-refractivity contribution in [1.29, 1.82) is 0 Å². The first-order valence-corrected chi connectivity index (χ1v) is 7.99. The van der Waals surface area contributed by atoms with Gasteiger partial charge in [-0.15, -0.1) is 0 Å². The van der Waals surface area contributed by atoms with Gasteiger partial charge in [0, 0.05) is 12.1 Å². The minimum Gasteiger partial charge on any atom is -0.490 e. The molecule has 0 radical (unpaired) electrons. The fraction of sp³-hybridized carbons (Fsp3) is 0.588. The number of hydrogen-bond donors (Lipinski definition) is 2. The Bertz CT molecular complexity index is 479. The average molecular weight is 289 g/mol. The SMILES string of the molecule is CCCNC(N)=NCc1ccc(C)cc1OC1CCCC1. The maximum absolute atomic E-state index is 6.17. The number of nitrogens with two attached hydrogens (primary N) is 1. The van der Waals surface area contributed by atoms with Crippen LogP contribution in [-0.2, 0) is 6.54 Å². The van der Waals surface area contributed by atoms with Crippen molar-refractivity contribution in [2.45, 2.75) is 58.6 Å². The Balaban J connectivity index is 2.03.